The van der Waals surface area contributed by atoms with Gasteiger partial charge in [-0.15, -0.1) is 0 Å². The molecule has 0 radical (unpaired) electrons. The van der Waals surface area contributed by atoms with Crippen LogP contribution in [0.3, 0.4) is 0 Å². The zero-order valence-electron chi connectivity index (χ0n) is 14.0. The smallest absolute Gasteiger partial charge is 0.408 e. The molecule has 0 heterocycles. The van der Waals surface area contributed by atoms with Crippen molar-refractivity contribution in [3.05, 3.63) is 35.9 Å². The van der Waals surface area contributed by atoms with Gasteiger partial charge in [0.2, 0.25) is 5.91 Å². The lowest BCUT2D eigenvalue weighted by molar-refractivity contribution is -0.124. The van der Waals surface area contributed by atoms with E-state index in [2.05, 4.69) is 10.6 Å². The highest BCUT2D eigenvalue weighted by atomic mass is 16.5. The summed E-state index contributed by atoms with van der Waals surface area (Å²) in [6, 6.07) is 8.77. The monoisotopic (exact) mass is 322 g/mol. The van der Waals surface area contributed by atoms with Crippen molar-refractivity contribution in [1.82, 2.24) is 10.6 Å². The Morgan fingerprint density at radius 2 is 1.91 bits per heavy atom. The highest BCUT2D eigenvalue weighted by molar-refractivity contribution is 5.85. The largest absolute Gasteiger partial charge is 0.445 e. The number of hydrogen-bond donors (Lipinski definition) is 2. The standard InChI is InChI=1S/C17H26N2O4/c1-4-13(2)15(16(20)18-10-11-22-3)19-17(21)23-12-14-8-6-5-7-9-14/h5-9,13,15H,4,10-12H2,1-3H3,(H,18,20)(H,19,21)/t13-,15+/m1/s1. The van der Waals surface area contributed by atoms with Crippen LogP contribution in [0.15, 0.2) is 30.3 Å². The highest BCUT2D eigenvalue weighted by Crippen LogP contribution is 2.09. The van der Waals surface area contributed by atoms with Crippen molar-refractivity contribution in [2.75, 3.05) is 20.3 Å². The molecule has 2 N–H and O–H groups in total. The van der Waals surface area contributed by atoms with Crippen molar-refractivity contribution in [3.8, 4) is 0 Å². The number of alkyl carbamates (subject to hydrolysis) is 1. The lowest BCUT2D eigenvalue weighted by Crippen LogP contribution is -2.50. The summed E-state index contributed by atoms with van der Waals surface area (Å²) in [4.78, 5) is 24.1. The van der Waals surface area contributed by atoms with E-state index in [-0.39, 0.29) is 18.4 Å². The maximum absolute atomic E-state index is 12.2. The Bertz CT molecular complexity index is 479. The molecule has 0 aliphatic heterocycles. The van der Waals surface area contributed by atoms with E-state index in [4.69, 9.17) is 9.47 Å². The summed E-state index contributed by atoms with van der Waals surface area (Å²) < 4.78 is 10.1. The maximum atomic E-state index is 12.2. The van der Waals surface area contributed by atoms with E-state index in [1.54, 1.807) is 7.11 Å². The van der Waals surface area contributed by atoms with E-state index in [0.717, 1.165) is 12.0 Å². The number of amides is 2. The first-order valence-electron chi connectivity index (χ1n) is 7.82. The van der Waals surface area contributed by atoms with Gasteiger partial charge in [-0.2, -0.15) is 0 Å². The second-order valence-electron chi connectivity index (χ2n) is 5.35. The van der Waals surface area contributed by atoms with Crippen LogP contribution in [0.2, 0.25) is 0 Å². The average Bonchev–Trinajstić information content (AvgIpc) is 2.58. The Hall–Kier alpha value is -2.08. The summed E-state index contributed by atoms with van der Waals surface area (Å²) in [5.41, 5.74) is 0.896. The van der Waals surface area contributed by atoms with Crippen molar-refractivity contribution in [2.24, 2.45) is 5.92 Å². The summed E-state index contributed by atoms with van der Waals surface area (Å²) in [5, 5.41) is 5.39. The van der Waals surface area contributed by atoms with E-state index in [0.29, 0.717) is 13.2 Å². The summed E-state index contributed by atoms with van der Waals surface area (Å²) in [7, 11) is 1.57. The summed E-state index contributed by atoms with van der Waals surface area (Å²) >= 11 is 0. The van der Waals surface area contributed by atoms with E-state index < -0.39 is 12.1 Å². The van der Waals surface area contributed by atoms with Crippen LogP contribution in [-0.2, 0) is 20.9 Å². The molecule has 2 amide bonds. The van der Waals surface area contributed by atoms with Crippen LogP contribution in [0.25, 0.3) is 0 Å². The summed E-state index contributed by atoms with van der Waals surface area (Å²) in [5.74, 6) is -0.227. The normalized spacial score (nSPS) is 13.0. The molecule has 6 heteroatoms. The quantitative estimate of drug-likeness (QED) is 0.683. The summed E-state index contributed by atoms with van der Waals surface area (Å²) in [6.45, 7) is 4.89. The Kier molecular flexibility index (Phi) is 8.75. The van der Waals surface area contributed by atoms with Crippen LogP contribution < -0.4 is 10.6 Å². The van der Waals surface area contributed by atoms with Gasteiger partial charge in [0.15, 0.2) is 0 Å². The molecule has 6 nitrogen and oxygen atoms in total. The molecule has 128 valence electrons. The van der Waals surface area contributed by atoms with Crippen LogP contribution in [0.4, 0.5) is 4.79 Å². The SMILES string of the molecule is CC[C@@H](C)[C@H](NC(=O)OCc1ccccc1)C(=O)NCCOC. The molecule has 0 bridgehead atoms. The first-order valence-corrected chi connectivity index (χ1v) is 7.82. The maximum Gasteiger partial charge on any atom is 0.408 e. The number of methoxy groups -OCH3 is 1. The van der Waals surface area contributed by atoms with E-state index >= 15 is 0 Å². The van der Waals surface area contributed by atoms with Crippen molar-refractivity contribution in [2.45, 2.75) is 32.9 Å². The van der Waals surface area contributed by atoms with Crippen LogP contribution in [-0.4, -0.2) is 38.3 Å². The highest BCUT2D eigenvalue weighted by Gasteiger charge is 2.26. The number of benzene rings is 1. The Morgan fingerprint density at radius 1 is 1.22 bits per heavy atom. The molecule has 0 aromatic heterocycles. The number of nitrogens with one attached hydrogen (secondary N) is 2. The van der Waals surface area contributed by atoms with Gasteiger partial charge in [-0.25, -0.2) is 4.79 Å². The molecule has 0 saturated carbocycles. The van der Waals surface area contributed by atoms with Gasteiger partial charge in [-0.05, 0) is 11.5 Å². The second kappa shape index (κ2) is 10.6. The lowest BCUT2D eigenvalue weighted by atomic mass is 9.98. The van der Waals surface area contributed by atoms with Gasteiger partial charge in [0.25, 0.3) is 0 Å². The van der Waals surface area contributed by atoms with Crippen molar-refractivity contribution in [3.63, 3.8) is 0 Å². The second-order valence-corrected chi connectivity index (χ2v) is 5.35. The molecular formula is C17H26N2O4. The predicted molar refractivity (Wildman–Crippen MR) is 87.9 cm³/mol. The minimum absolute atomic E-state index is 0.00169. The Balaban J connectivity index is 2.51. The molecule has 23 heavy (non-hydrogen) atoms. The van der Waals surface area contributed by atoms with Crippen molar-refractivity contribution < 1.29 is 19.1 Å². The lowest BCUT2D eigenvalue weighted by Gasteiger charge is -2.23. The van der Waals surface area contributed by atoms with E-state index in [9.17, 15) is 9.59 Å². The molecule has 0 unspecified atom stereocenters. The fourth-order valence-corrected chi connectivity index (χ4v) is 1.98. The Morgan fingerprint density at radius 3 is 2.52 bits per heavy atom. The van der Waals surface area contributed by atoms with Gasteiger partial charge in [-0.3, -0.25) is 4.79 Å². The van der Waals surface area contributed by atoms with Gasteiger partial charge in [0, 0.05) is 13.7 Å². The van der Waals surface area contributed by atoms with Gasteiger partial charge < -0.3 is 20.1 Å². The molecule has 0 fully saturated rings. The number of rotatable bonds is 9. The number of carbonyl (C=O) groups is 2. The third-order valence-corrected chi connectivity index (χ3v) is 3.59. The fraction of sp³-hybridized carbons (Fsp3) is 0.529. The zero-order chi connectivity index (χ0) is 17.1. The first-order chi connectivity index (χ1) is 11.1. The van der Waals surface area contributed by atoms with Gasteiger partial charge in [0.05, 0.1) is 6.61 Å². The molecule has 1 aromatic rings. The van der Waals surface area contributed by atoms with Crippen LogP contribution >= 0.6 is 0 Å². The van der Waals surface area contributed by atoms with E-state index in [1.165, 1.54) is 0 Å². The fourth-order valence-electron chi connectivity index (χ4n) is 1.98. The van der Waals surface area contributed by atoms with Crippen molar-refractivity contribution in [1.29, 1.82) is 0 Å². The molecular weight excluding hydrogens is 296 g/mol. The topological polar surface area (TPSA) is 76.7 Å². The molecule has 0 aliphatic carbocycles. The third kappa shape index (κ3) is 7.15. The van der Waals surface area contributed by atoms with Crippen LogP contribution in [0.5, 0.6) is 0 Å². The average molecular weight is 322 g/mol. The number of ether oxygens (including phenoxy) is 2. The minimum atomic E-state index is -0.625. The molecule has 0 saturated heterocycles. The summed E-state index contributed by atoms with van der Waals surface area (Å²) in [6.07, 6.45) is 0.169. The van der Waals surface area contributed by atoms with Gasteiger partial charge in [-0.1, -0.05) is 50.6 Å². The Labute approximate surface area is 137 Å². The molecule has 2 atom stereocenters. The predicted octanol–water partition coefficient (Wildman–Crippen LogP) is 2.09. The number of hydrogen-bond acceptors (Lipinski definition) is 4. The first kappa shape index (κ1) is 19.0. The molecule has 0 spiro atoms. The van der Waals surface area contributed by atoms with Crippen molar-refractivity contribution >= 4 is 12.0 Å². The third-order valence-electron chi connectivity index (χ3n) is 3.59. The molecule has 1 aromatic carbocycles. The van der Waals surface area contributed by atoms with Crippen LogP contribution in [0.1, 0.15) is 25.8 Å². The minimum Gasteiger partial charge on any atom is -0.445 e. The van der Waals surface area contributed by atoms with Crippen LogP contribution in [0, 0.1) is 5.92 Å². The molecule has 1 rings (SSSR count). The molecule has 0 aliphatic rings. The van der Waals surface area contributed by atoms with Gasteiger partial charge in [0.1, 0.15) is 12.6 Å². The van der Waals surface area contributed by atoms with Gasteiger partial charge >= 0.3 is 6.09 Å². The van der Waals surface area contributed by atoms with E-state index in [1.807, 2.05) is 44.2 Å². The zero-order valence-corrected chi connectivity index (χ0v) is 14.0. The number of carbonyl (C=O) groups excluding carboxylic acids is 2.